The normalized spacial score (nSPS) is 17.8. The smallest absolute Gasteiger partial charge is 0.356 e. The van der Waals surface area contributed by atoms with Crippen LogP contribution < -0.4 is 5.32 Å². The molecule has 8 heteroatoms. The van der Waals surface area contributed by atoms with Gasteiger partial charge in [0.25, 0.3) is 11.6 Å². The summed E-state index contributed by atoms with van der Waals surface area (Å²) in [4.78, 5) is 36.0. The number of esters is 1. The van der Waals surface area contributed by atoms with Gasteiger partial charge < -0.3 is 15.0 Å². The van der Waals surface area contributed by atoms with Crippen molar-refractivity contribution in [2.75, 3.05) is 13.7 Å². The first kappa shape index (κ1) is 16.5. The Balaban J connectivity index is 2.38. The molecule has 1 heterocycles. The molecule has 1 N–H and O–H groups in total. The van der Waals surface area contributed by atoms with Crippen LogP contribution in [0.25, 0.3) is 0 Å². The van der Waals surface area contributed by atoms with Gasteiger partial charge in [-0.25, -0.2) is 4.79 Å². The van der Waals surface area contributed by atoms with E-state index in [1.54, 1.807) is 19.9 Å². The van der Waals surface area contributed by atoms with Crippen molar-refractivity contribution >= 4 is 17.6 Å². The minimum Gasteiger partial charge on any atom is -0.461 e. The van der Waals surface area contributed by atoms with Gasteiger partial charge in [-0.15, -0.1) is 0 Å². The van der Waals surface area contributed by atoms with Crippen LogP contribution in [0.3, 0.4) is 0 Å². The minimum absolute atomic E-state index is 0.0995. The zero-order valence-electron chi connectivity index (χ0n) is 13.0. The van der Waals surface area contributed by atoms with Gasteiger partial charge in [0.05, 0.1) is 11.5 Å². The summed E-state index contributed by atoms with van der Waals surface area (Å²) in [6.45, 7) is 3.53. The molecule has 1 aromatic carbocycles. The lowest BCUT2D eigenvalue weighted by molar-refractivity contribution is -0.384. The molecule has 0 fully saturated rings. The van der Waals surface area contributed by atoms with Gasteiger partial charge in [0, 0.05) is 24.9 Å². The van der Waals surface area contributed by atoms with E-state index in [-0.39, 0.29) is 23.9 Å². The Morgan fingerprint density at radius 3 is 2.78 bits per heavy atom. The largest absolute Gasteiger partial charge is 0.461 e. The van der Waals surface area contributed by atoms with Crippen LogP contribution in [0.1, 0.15) is 25.5 Å². The van der Waals surface area contributed by atoms with Crippen molar-refractivity contribution in [1.82, 2.24) is 10.2 Å². The average molecular weight is 319 g/mol. The number of carbonyl (C=O) groups is 2. The summed E-state index contributed by atoms with van der Waals surface area (Å²) in [7, 11) is 1.48. The summed E-state index contributed by atoms with van der Waals surface area (Å²) in [5.74, 6) is -0.981. The summed E-state index contributed by atoms with van der Waals surface area (Å²) < 4.78 is 4.94. The Morgan fingerprint density at radius 1 is 1.48 bits per heavy atom. The molecule has 1 aromatic rings. The number of nitro groups is 1. The van der Waals surface area contributed by atoms with Gasteiger partial charge >= 0.3 is 5.97 Å². The number of non-ortho nitro benzene ring substituents is 1. The van der Waals surface area contributed by atoms with Gasteiger partial charge in [-0.1, -0.05) is 12.1 Å². The van der Waals surface area contributed by atoms with Crippen LogP contribution in [0.2, 0.25) is 0 Å². The van der Waals surface area contributed by atoms with Crippen molar-refractivity contribution in [3.8, 4) is 0 Å². The maximum Gasteiger partial charge on any atom is 0.356 e. The van der Waals surface area contributed by atoms with Crippen LogP contribution in [0.5, 0.6) is 0 Å². The van der Waals surface area contributed by atoms with Crippen LogP contribution in [0.15, 0.2) is 35.7 Å². The number of ether oxygens (including phenoxy) is 1. The number of nitro benzene ring substituents is 1. The first-order valence-electron chi connectivity index (χ1n) is 7.03. The van der Waals surface area contributed by atoms with Crippen LogP contribution >= 0.6 is 0 Å². The van der Waals surface area contributed by atoms with Crippen molar-refractivity contribution in [2.24, 2.45) is 0 Å². The van der Waals surface area contributed by atoms with Gasteiger partial charge in [0.1, 0.15) is 11.7 Å². The Labute approximate surface area is 132 Å². The molecule has 23 heavy (non-hydrogen) atoms. The van der Waals surface area contributed by atoms with Gasteiger partial charge in [-0.2, -0.15) is 0 Å². The van der Waals surface area contributed by atoms with E-state index >= 15 is 0 Å². The van der Waals surface area contributed by atoms with Crippen molar-refractivity contribution in [3.63, 3.8) is 0 Å². The molecule has 0 saturated heterocycles. The van der Waals surface area contributed by atoms with E-state index in [1.165, 1.54) is 30.1 Å². The van der Waals surface area contributed by atoms with E-state index in [9.17, 15) is 19.7 Å². The molecule has 0 saturated carbocycles. The first-order chi connectivity index (χ1) is 10.9. The van der Waals surface area contributed by atoms with Gasteiger partial charge in [-0.3, -0.25) is 14.9 Å². The Bertz CT molecular complexity index is 698. The number of carbonyl (C=O) groups excluding carboxylic acids is 2. The van der Waals surface area contributed by atoms with Gasteiger partial charge in [0.2, 0.25) is 0 Å². The molecule has 1 unspecified atom stereocenters. The number of nitrogens with one attached hydrogen (secondary N) is 1. The van der Waals surface area contributed by atoms with E-state index < -0.39 is 16.9 Å². The third-order valence-corrected chi connectivity index (χ3v) is 3.51. The molecule has 1 atom stereocenters. The van der Waals surface area contributed by atoms with Crippen LogP contribution in [-0.2, 0) is 14.3 Å². The summed E-state index contributed by atoms with van der Waals surface area (Å²) >= 11 is 0. The highest BCUT2D eigenvalue weighted by Gasteiger charge is 2.35. The molecule has 8 nitrogen and oxygen atoms in total. The van der Waals surface area contributed by atoms with Gasteiger partial charge in [0.15, 0.2) is 0 Å². The molecule has 2 rings (SSSR count). The van der Waals surface area contributed by atoms with E-state index in [0.29, 0.717) is 11.3 Å². The summed E-state index contributed by atoms with van der Waals surface area (Å²) in [5, 5.41) is 13.8. The van der Waals surface area contributed by atoms with Crippen molar-refractivity contribution in [1.29, 1.82) is 0 Å². The zero-order valence-corrected chi connectivity index (χ0v) is 13.0. The third kappa shape index (κ3) is 3.15. The number of hydrogen-bond donors (Lipinski definition) is 1. The molecule has 1 amide bonds. The maximum absolute atomic E-state index is 12.5. The molecule has 1 aliphatic heterocycles. The average Bonchev–Trinajstić information content (AvgIpc) is 2.51. The molecule has 0 radical (unpaired) electrons. The molecule has 0 aromatic heterocycles. The predicted molar refractivity (Wildman–Crippen MR) is 81.1 cm³/mol. The Kier molecular flexibility index (Phi) is 4.63. The molecular weight excluding hydrogens is 302 g/mol. The lowest BCUT2D eigenvalue weighted by Crippen LogP contribution is -2.46. The fourth-order valence-corrected chi connectivity index (χ4v) is 2.44. The van der Waals surface area contributed by atoms with Crippen LogP contribution in [0.4, 0.5) is 5.69 Å². The second kappa shape index (κ2) is 6.47. The molecule has 0 spiro atoms. The van der Waals surface area contributed by atoms with Crippen LogP contribution in [-0.4, -0.2) is 35.4 Å². The second-order valence-electron chi connectivity index (χ2n) is 5.02. The van der Waals surface area contributed by atoms with E-state index in [2.05, 4.69) is 5.32 Å². The molecule has 1 aliphatic rings. The van der Waals surface area contributed by atoms with Gasteiger partial charge in [-0.05, 0) is 19.4 Å². The fraction of sp³-hybridized carbons (Fsp3) is 0.333. The highest BCUT2D eigenvalue weighted by molar-refractivity contribution is 5.97. The summed E-state index contributed by atoms with van der Waals surface area (Å²) in [6.07, 6.45) is 0. The number of nitrogens with zero attached hydrogens (tertiary/aromatic N) is 2. The Morgan fingerprint density at radius 2 is 2.17 bits per heavy atom. The quantitative estimate of drug-likeness (QED) is 0.512. The van der Waals surface area contributed by atoms with Crippen molar-refractivity contribution in [3.05, 3.63) is 51.3 Å². The molecule has 0 bridgehead atoms. The lowest BCUT2D eigenvalue weighted by Gasteiger charge is -2.33. The topological polar surface area (TPSA) is 102 Å². The molecular formula is C15H17N3O5. The van der Waals surface area contributed by atoms with Crippen molar-refractivity contribution in [2.45, 2.75) is 19.9 Å². The highest BCUT2D eigenvalue weighted by atomic mass is 16.6. The van der Waals surface area contributed by atoms with E-state index in [1.807, 2.05) is 0 Å². The standard InChI is InChI=1S/C15H17N3O5/c1-4-23-15(20)13-9(2)16-12(14(19)17(13)3)10-6-5-7-11(8-10)18(21)22/h5-8,12,16H,4H2,1-3H3. The highest BCUT2D eigenvalue weighted by Crippen LogP contribution is 2.27. The zero-order chi connectivity index (χ0) is 17.1. The number of hydrogen-bond acceptors (Lipinski definition) is 6. The number of benzene rings is 1. The van der Waals surface area contributed by atoms with Crippen LogP contribution in [0, 0.1) is 10.1 Å². The maximum atomic E-state index is 12.5. The molecule has 0 aliphatic carbocycles. The number of amides is 1. The monoisotopic (exact) mass is 319 g/mol. The lowest BCUT2D eigenvalue weighted by atomic mass is 10.0. The number of allylic oxidation sites excluding steroid dienone is 1. The summed E-state index contributed by atoms with van der Waals surface area (Å²) in [5.41, 5.74) is 0.969. The minimum atomic E-state index is -0.793. The molecule has 122 valence electrons. The predicted octanol–water partition coefficient (Wildman–Crippen LogP) is 1.49. The Hall–Kier alpha value is -2.90. The second-order valence-corrected chi connectivity index (χ2v) is 5.02. The van der Waals surface area contributed by atoms with Crippen molar-refractivity contribution < 1.29 is 19.2 Å². The summed E-state index contributed by atoms with van der Waals surface area (Å²) in [6, 6.07) is 5.04. The third-order valence-electron chi connectivity index (χ3n) is 3.51. The van der Waals surface area contributed by atoms with E-state index in [0.717, 1.165) is 0 Å². The SMILES string of the molecule is CCOC(=O)C1=C(C)NC(c2cccc([N+](=O)[O-])c2)C(=O)N1C. The van der Waals surface area contributed by atoms with E-state index in [4.69, 9.17) is 4.74 Å². The number of rotatable bonds is 4. The number of likely N-dealkylation sites (N-methyl/N-ethyl adjacent to an activating group) is 1. The first-order valence-corrected chi connectivity index (χ1v) is 7.03. The fourth-order valence-electron chi connectivity index (χ4n) is 2.44.